The molecule has 5 aliphatic heterocycles. The number of amides is 2. The summed E-state index contributed by atoms with van der Waals surface area (Å²) in [6, 6.07) is -2.68. The van der Waals surface area contributed by atoms with Crippen LogP contribution in [0.25, 0.3) is 0 Å². The van der Waals surface area contributed by atoms with Crippen LogP contribution in [0.5, 0.6) is 0 Å². The molecule has 0 spiro atoms. The molecule has 5 fully saturated rings. The van der Waals surface area contributed by atoms with Gasteiger partial charge < -0.3 is 125 Å². The number of ether oxygens (including phenoxy) is 9. The number of carbonyl (C=O) groups excluding carboxylic acids is 2. The lowest BCUT2D eigenvalue weighted by Crippen LogP contribution is -2.70. The van der Waals surface area contributed by atoms with E-state index in [1.54, 1.807) is 0 Å². The van der Waals surface area contributed by atoms with Gasteiger partial charge in [-0.05, 0) is 6.92 Å². The van der Waals surface area contributed by atoms with Crippen molar-refractivity contribution in [2.24, 2.45) is 0 Å². The predicted octanol–water partition coefficient (Wildman–Crippen LogP) is -10.6. The van der Waals surface area contributed by atoms with Crippen LogP contribution in [0.15, 0.2) is 0 Å². The highest BCUT2D eigenvalue weighted by atomic mass is 16.8. The van der Waals surface area contributed by atoms with Crippen molar-refractivity contribution >= 4 is 11.8 Å². The van der Waals surface area contributed by atoms with E-state index < -0.39 is 198 Å². The Kier molecular flexibility index (Phi) is 18.1. The first-order chi connectivity index (χ1) is 29.3. The normalized spacial score (nSPS) is 49.0. The van der Waals surface area contributed by atoms with Gasteiger partial charge in [0.15, 0.2) is 25.2 Å². The number of hydrogen-bond donors (Lipinski definition) is 16. The number of hydrogen-bond acceptors (Lipinski definition) is 25. The van der Waals surface area contributed by atoms with Gasteiger partial charge in [0.2, 0.25) is 11.8 Å². The first kappa shape index (κ1) is 51.0. The van der Waals surface area contributed by atoms with Crippen LogP contribution in [0.1, 0.15) is 20.8 Å². The molecule has 25 atom stereocenters. The van der Waals surface area contributed by atoms with Crippen LogP contribution in [0.2, 0.25) is 0 Å². The molecule has 5 saturated heterocycles. The second-order valence-corrected chi connectivity index (χ2v) is 15.8. The van der Waals surface area contributed by atoms with Crippen LogP contribution in [0.3, 0.4) is 0 Å². The zero-order valence-corrected chi connectivity index (χ0v) is 33.7. The molecule has 0 aliphatic carbocycles. The minimum atomic E-state index is -2.16. The third-order valence-electron chi connectivity index (χ3n) is 11.4. The van der Waals surface area contributed by atoms with Gasteiger partial charge in [-0.3, -0.25) is 9.59 Å². The van der Waals surface area contributed by atoms with Crippen molar-refractivity contribution in [1.82, 2.24) is 10.6 Å². The molecule has 11 unspecified atom stereocenters. The molecule has 0 saturated carbocycles. The average molecular weight is 909 g/mol. The van der Waals surface area contributed by atoms with E-state index >= 15 is 0 Å². The molecule has 0 radical (unpaired) electrons. The Labute approximate surface area is 353 Å². The van der Waals surface area contributed by atoms with Crippen LogP contribution in [-0.4, -0.2) is 270 Å². The average Bonchev–Trinajstić information content (AvgIpc) is 3.23. The van der Waals surface area contributed by atoms with E-state index in [0.717, 1.165) is 6.92 Å². The maximum atomic E-state index is 12.5. The highest BCUT2D eigenvalue weighted by Crippen LogP contribution is 2.35. The Hall–Kier alpha value is -1.98. The summed E-state index contributed by atoms with van der Waals surface area (Å²) < 4.78 is 51.6. The van der Waals surface area contributed by atoms with Crippen LogP contribution in [0, 0.1) is 0 Å². The molecule has 0 aromatic rings. The minimum absolute atomic E-state index is 0.533. The van der Waals surface area contributed by atoms with E-state index in [1.165, 1.54) is 13.8 Å². The highest BCUT2D eigenvalue weighted by molar-refractivity contribution is 5.73. The Morgan fingerprint density at radius 3 is 1.37 bits per heavy atom. The molecule has 0 aromatic carbocycles. The summed E-state index contributed by atoms with van der Waals surface area (Å²) in [4.78, 5) is 24.4. The molecular weight excluding hydrogens is 848 g/mol. The van der Waals surface area contributed by atoms with Crippen molar-refractivity contribution in [3.05, 3.63) is 0 Å². The molecule has 2 amide bonds. The Balaban J connectivity index is 1.41. The molecule has 27 heteroatoms. The molecule has 5 aliphatic rings. The van der Waals surface area contributed by atoms with E-state index in [-0.39, 0.29) is 0 Å². The van der Waals surface area contributed by atoms with Gasteiger partial charge in [0.25, 0.3) is 0 Å². The zero-order chi connectivity index (χ0) is 45.9. The zero-order valence-electron chi connectivity index (χ0n) is 33.7. The van der Waals surface area contributed by atoms with E-state index in [0.29, 0.717) is 0 Å². The number of nitrogens with one attached hydrogen (secondary N) is 2. The van der Waals surface area contributed by atoms with E-state index in [2.05, 4.69) is 10.6 Å². The quantitative estimate of drug-likeness (QED) is 0.0725. The minimum Gasteiger partial charge on any atom is -0.394 e. The van der Waals surface area contributed by atoms with E-state index in [1.807, 2.05) is 0 Å². The first-order valence-corrected chi connectivity index (χ1v) is 19.9. The second kappa shape index (κ2) is 22.0. The van der Waals surface area contributed by atoms with Crippen LogP contribution < -0.4 is 10.6 Å². The van der Waals surface area contributed by atoms with Gasteiger partial charge in [-0.2, -0.15) is 0 Å². The van der Waals surface area contributed by atoms with Gasteiger partial charge in [-0.15, -0.1) is 0 Å². The number of carbonyl (C=O) groups is 2. The second-order valence-electron chi connectivity index (χ2n) is 15.8. The summed E-state index contributed by atoms with van der Waals surface area (Å²) in [5, 5.41) is 153. The predicted molar refractivity (Wildman–Crippen MR) is 193 cm³/mol. The van der Waals surface area contributed by atoms with Gasteiger partial charge in [-0.1, -0.05) is 0 Å². The van der Waals surface area contributed by atoms with Crippen LogP contribution in [0.4, 0.5) is 0 Å². The summed E-state index contributed by atoms with van der Waals surface area (Å²) >= 11 is 0. The molecule has 16 N–H and O–H groups in total. The molecular formula is C35H60N2O25. The SMILES string of the molecule is CC(=O)N[C@H]1C(O)[C@H](O[C@@H]2OC(CO[C@H]3OC(CO)[C@@H](O)[C@H](O)C3O)[C@@H](O)C(O[C@H]3OC(CO)[C@@H](O)C(O)C3O)[C@H]2O)C(CO)O[C@H]1O[C@@H]1C(CO)O[C@@H](C)[C@@H](NC(C)=O)C1O. The standard InChI is InChI=1S/C35H60N2O25/c1-9-17(36-10(2)42)22(47)29(14(6-40)55-9)60-32-18(37-11(3)43)23(48)30(15(7-41)58-32)61-35-28(53)31(62-34-27(52)25(50)20(45)13(5-39)57-34)21(46)16(59-35)8-54-33-26(51)24(49)19(44)12(4-38)56-33/h9,12-35,38-41,44-53H,4-8H2,1-3H3,(H,36,42)(H,37,43)/t9-,12?,13?,14?,15?,16?,17+,18-,19+,20+,21+,22?,23?,24-,25?,26?,27?,28+,29+,30+,31?,32-,33-,34+,35-/m0/s1. The van der Waals surface area contributed by atoms with E-state index in [4.69, 9.17) is 42.6 Å². The van der Waals surface area contributed by atoms with Gasteiger partial charge in [0.05, 0.1) is 45.2 Å². The molecule has 27 nitrogen and oxygen atoms in total. The van der Waals surface area contributed by atoms with E-state index in [9.17, 15) is 81.1 Å². The molecule has 5 heterocycles. The van der Waals surface area contributed by atoms with Gasteiger partial charge in [-0.25, -0.2) is 0 Å². The van der Waals surface area contributed by atoms with Crippen LogP contribution >= 0.6 is 0 Å². The summed E-state index contributed by atoms with van der Waals surface area (Å²) in [7, 11) is 0. The monoisotopic (exact) mass is 908 g/mol. The summed E-state index contributed by atoms with van der Waals surface area (Å²) in [6.45, 7) is -0.399. The lowest BCUT2D eigenvalue weighted by molar-refractivity contribution is -0.383. The van der Waals surface area contributed by atoms with Crippen molar-refractivity contribution in [1.29, 1.82) is 0 Å². The van der Waals surface area contributed by atoms with Gasteiger partial charge >= 0.3 is 0 Å². The molecule has 0 bridgehead atoms. The van der Waals surface area contributed by atoms with Gasteiger partial charge in [0.1, 0.15) is 116 Å². The number of aliphatic hydroxyl groups is 14. The smallest absolute Gasteiger partial charge is 0.217 e. The maximum Gasteiger partial charge on any atom is 0.217 e. The molecule has 62 heavy (non-hydrogen) atoms. The Bertz CT molecular complexity index is 1440. The highest BCUT2D eigenvalue weighted by Gasteiger charge is 2.56. The summed E-state index contributed by atoms with van der Waals surface area (Å²) in [6.07, 6.45) is -40.1. The summed E-state index contributed by atoms with van der Waals surface area (Å²) in [5.41, 5.74) is 0. The Morgan fingerprint density at radius 1 is 0.435 bits per heavy atom. The van der Waals surface area contributed by atoms with Crippen molar-refractivity contribution in [2.75, 3.05) is 33.0 Å². The number of aliphatic hydroxyl groups excluding tert-OH is 14. The van der Waals surface area contributed by atoms with Crippen molar-refractivity contribution in [3.8, 4) is 0 Å². The first-order valence-electron chi connectivity index (χ1n) is 19.9. The van der Waals surface area contributed by atoms with Crippen molar-refractivity contribution in [2.45, 2.75) is 174 Å². The fraction of sp³-hybridized carbons (Fsp3) is 0.943. The lowest BCUT2D eigenvalue weighted by atomic mass is 9.92. The largest absolute Gasteiger partial charge is 0.394 e. The van der Waals surface area contributed by atoms with Crippen LogP contribution in [-0.2, 0) is 52.2 Å². The topological polar surface area (TPSA) is 424 Å². The third-order valence-corrected chi connectivity index (χ3v) is 11.4. The lowest BCUT2D eigenvalue weighted by Gasteiger charge is -2.50. The van der Waals surface area contributed by atoms with Gasteiger partial charge in [0, 0.05) is 13.8 Å². The maximum absolute atomic E-state index is 12.5. The Morgan fingerprint density at radius 2 is 0.839 bits per heavy atom. The fourth-order valence-electron chi connectivity index (χ4n) is 7.98. The third kappa shape index (κ3) is 11.0. The fourth-order valence-corrected chi connectivity index (χ4v) is 7.98. The molecule has 360 valence electrons. The van der Waals surface area contributed by atoms with Crippen molar-refractivity contribution < 1.29 is 124 Å². The van der Waals surface area contributed by atoms with Crippen molar-refractivity contribution in [3.63, 3.8) is 0 Å². The molecule has 5 rings (SSSR count). The summed E-state index contributed by atoms with van der Waals surface area (Å²) in [5.74, 6) is -1.29. The number of rotatable bonds is 15. The molecule has 0 aromatic heterocycles.